The first-order valence-electron chi connectivity index (χ1n) is 7.25. The van der Waals surface area contributed by atoms with Crippen LogP contribution in [0.3, 0.4) is 0 Å². The van der Waals surface area contributed by atoms with Crippen molar-refractivity contribution in [3.8, 4) is 0 Å². The minimum Gasteiger partial charge on any atom is -0.338 e. The number of carbonyl (C=O) groups is 2. The van der Waals surface area contributed by atoms with Crippen LogP contribution in [0.2, 0.25) is 0 Å². The fourth-order valence-electron chi connectivity index (χ4n) is 2.89. The molecule has 1 atom stereocenters. The molecule has 0 bridgehead atoms. The normalized spacial score (nSPS) is 20.7. The summed E-state index contributed by atoms with van der Waals surface area (Å²) >= 11 is 0. The third-order valence-corrected chi connectivity index (χ3v) is 4.02. The van der Waals surface area contributed by atoms with Crippen LogP contribution in [-0.4, -0.2) is 33.4 Å². The van der Waals surface area contributed by atoms with E-state index in [-0.39, 0.29) is 24.4 Å². The van der Waals surface area contributed by atoms with Gasteiger partial charge in [-0.05, 0) is 31.5 Å². The Morgan fingerprint density at radius 2 is 1.95 bits per heavy atom. The number of nitrogens with zero attached hydrogens (tertiary/aromatic N) is 3. The number of aromatic nitrogens is 2. The van der Waals surface area contributed by atoms with E-state index >= 15 is 0 Å². The van der Waals surface area contributed by atoms with Crippen molar-refractivity contribution >= 4 is 11.8 Å². The van der Waals surface area contributed by atoms with E-state index in [9.17, 15) is 9.59 Å². The molecule has 0 radical (unpaired) electrons. The van der Waals surface area contributed by atoms with Crippen LogP contribution in [0.5, 0.6) is 0 Å². The summed E-state index contributed by atoms with van der Waals surface area (Å²) in [6.45, 7) is 0.962. The Hall–Kier alpha value is -2.54. The van der Waals surface area contributed by atoms with Gasteiger partial charge in [-0.15, -0.1) is 0 Å². The van der Waals surface area contributed by atoms with Crippen LogP contribution in [0, 0.1) is 0 Å². The number of fused-ring (bicyclic) bond motifs is 1. The minimum absolute atomic E-state index is 0.0303. The lowest BCUT2D eigenvalue weighted by atomic mass is 10.1. The molecule has 1 aromatic heterocycles. The van der Waals surface area contributed by atoms with Gasteiger partial charge in [0.2, 0.25) is 5.89 Å². The van der Waals surface area contributed by atoms with Crippen molar-refractivity contribution in [2.24, 2.45) is 0 Å². The zero-order chi connectivity index (χ0) is 15.1. The maximum atomic E-state index is 12.3. The number of amides is 2. The zero-order valence-electron chi connectivity index (χ0n) is 11.8. The number of carbonyl (C=O) groups excluding carboxylic acids is 2. The van der Waals surface area contributed by atoms with Gasteiger partial charge in [0, 0.05) is 0 Å². The minimum atomic E-state index is -0.314. The number of imide groups is 1. The monoisotopic (exact) mass is 298 g/mol. The average Bonchev–Trinajstić information content (AvgIpc) is 3.25. The summed E-state index contributed by atoms with van der Waals surface area (Å²) in [5.74, 6) is 0.235. The number of hydrogen-bond acceptors (Lipinski definition) is 6. The van der Waals surface area contributed by atoms with E-state index in [0.29, 0.717) is 22.8 Å². The molecule has 2 aromatic rings. The molecular formula is C15H14N4O3. The van der Waals surface area contributed by atoms with Gasteiger partial charge in [0.05, 0.1) is 23.7 Å². The Labute approximate surface area is 126 Å². The lowest BCUT2D eigenvalue weighted by Gasteiger charge is -2.10. The summed E-state index contributed by atoms with van der Waals surface area (Å²) in [6.07, 6.45) is 2.02. The summed E-state index contributed by atoms with van der Waals surface area (Å²) in [6, 6.07) is 6.86. The van der Waals surface area contributed by atoms with Gasteiger partial charge in [-0.1, -0.05) is 17.3 Å². The van der Waals surface area contributed by atoms with Gasteiger partial charge < -0.3 is 9.84 Å². The first-order valence-corrected chi connectivity index (χ1v) is 7.25. The van der Waals surface area contributed by atoms with E-state index in [1.54, 1.807) is 24.3 Å². The molecule has 7 nitrogen and oxygen atoms in total. The third kappa shape index (κ3) is 2.01. The molecule has 1 N–H and O–H groups in total. The number of nitrogens with one attached hydrogen (secondary N) is 1. The second kappa shape index (κ2) is 5.03. The van der Waals surface area contributed by atoms with Crippen molar-refractivity contribution < 1.29 is 14.1 Å². The highest BCUT2D eigenvalue weighted by Gasteiger charge is 2.36. The van der Waals surface area contributed by atoms with Crippen LogP contribution >= 0.6 is 0 Å². The Bertz CT molecular complexity index is 714. The fraction of sp³-hybridized carbons (Fsp3) is 0.333. The van der Waals surface area contributed by atoms with Crippen LogP contribution in [-0.2, 0) is 6.54 Å². The van der Waals surface area contributed by atoms with Crippen molar-refractivity contribution in [3.05, 3.63) is 47.1 Å². The van der Waals surface area contributed by atoms with E-state index in [1.807, 2.05) is 0 Å². The molecule has 0 spiro atoms. The number of rotatable bonds is 3. The maximum Gasteiger partial charge on any atom is 0.261 e. The molecule has 1 fully saturated rings. The third-order valence-electron chi connectivity index (χ3n) is 4.02. The van der Waals surface area contributed by atoms with Crippen LogP contribution in [0.1, 0.15) is 51.3 Å². The van der Waals surface area contributed by atoms with Crippen LogP contribution < -0.4 is 5.32 Å². The Balaban J connectivity index is 1.55. The van der Waals surface area contributed by atoms with Crippen molar-refractivity contribution in [1.29, 1.82) is 0 Å². The maximum absolute atomic E-state index is 12.3. The Kier molecular flexibility index (Phi) is 3.00. The van der Waals surface area contributed by atoms with Crippen LogP contribution in [0.4, 0.5) is 0 Å². The van der Waals surface area contributed by atoms with Crippen molar-refractivity contribution in [3.63, 3.8) is 0 Å². The number of benzene rings is 1. The van der Waals surface area contributed by atoms with Crippen molar-refractivity contribution in [2.45, 2.75) is 25.4 Å². The largest absolute Gasteiger partial charge is 0.338 e. The summed E-state index contributed by atoms with van der Waals surface area (Å²) in [5, 5.41) is 7.15. The molecule has 1 aromatic carbocycles. The average molecular weight is 298 g/mol. The lowest BCUT2D eigenvalue weighted by Crippen LogP contribution is -2.29. The fourth-order valence-corrected chi connectivity index (χ4v) is 2.89. The van der Waals surface area contributed by atoms with Gasteiger partial charge in [0.1, 0.15) is 0 Å². The van der Waals surface area contributed by atoms with Gasteiger partial charge in [-0.2, -0.15) is 4.98 Å². The summed E-state index contributed by atoms with van der Waals surface area (Å²) in [5.41, 5.74) is 0.849. The second-order valence-corrected chi connectivity index (χ2v) is 5.44. The molecule has 3 heterocycles. The molecule has 2 aliphatic rings. The summed E-state index contributed by atoms with van der Waals surface area (Å²) in [7, 11) is 0. The predicted molar refractivity (Wildman–Crippen MR) is 74.9 cm³/mol. The van der Waals surface area contributed by atoms with E-state index in [0.717, 1.165) is 24.3 Å². The van der Waals surface area contributed by atoms with Crippen LogP contribution in [0.15, 0.2) is 28.8 Å². The van der Waals surface area contributed by atoms with Gasteiger partial charge in [0.25, 0.3) is 11.8 Å². The first kappa shape index (κ1) is 13.1. The molecule has 2 aliphatic heterocycles. The SMILES string of the molecule is O=C1c2ccccc2C(=O)N1Cc1noc([C@H]2CCCN2)n1. The molecule has 22 heavy (non-hydrogen) atoms. The molecule has 112 valence electrons. The Morgan fingerprint density at radius 3 is 2.59 bits per heavy atom. The Morgan fingerprint density at radius 1 is 1.23 bits per heavy atom. The molecular weight excluding hydrogens is 284 g/mol. The molecule has 7 heteroatoms. The molecule has 0 aliphatic carbocycles. The molecule has 1 saturated heterocycles. The van der Waals surface area contributed by atoms with E-state index in [1.165, 1.54) is 0 Å². The standard InChI is InChI=1S/C15H14N4O3/c20-14-9-4-1-2-5-10(9)15(21)19(14)8-12-17-13(22-18-12)11-6-3-7-16-11/h1-2,4-5,11,16H,3,6-8H2/t11-/m1/s1. The lowest BCUT2D eigenvalue weighted by molar-refractivity contribution is 0.0637. The van der Waals surface area contributed by atoms with E-state index in [4.69, 9.17) is 4.52 Å². The highest BCUT2D eigenvalue weighted by Crippen LogP contribution is 2.25. The number of hydrogen-bond donors (Lipinski definition) is 1. The van der Waals surface area contributed by atoms with Gasteiger partial charge in [-0.25, -0.2) is 0 Å². The predicted octanol–water partition coefficient (Wildman–Crippen LogP) is 1.29. The van der Waals surface area contributed by atoms with Crippen LogP contribution in [0.25, 0.3) is 0 Å². The van der Waals surface area contributed by atoms with Gasteiger partial charge in [-0.3, -0.25) is 14.5 Å². The van der Waals surface area contributed by atoms with Crippen molar-refractivity contribution in [1.82, 2.24) is 20.4 Å². The van der Waals surface area contributed by atoms with E-state index in [2.05, 4.69) is 15.5 Å². The first-order chi connectivity index (χ1) is 10.7. The molecule has 2 amide bonds. The summed E-state index contributed by atoms with van der Waals surface area (Å²) < 4.78 is 5.23. The van der Waals surface area contributed by atoms with Gasteiger partial charge in [0.15, 0.2) is 5.82 Å². The highest BCUT2D eigenvalue weighted by atomic mass is 16.5. The topological polar surface area (TPSA) is 88.3 Å². The summed E-state index contributed by atoms with van der Waals surface area (Å²) in [4.78, 5) is 30.0. The second-order valence-electron chi connectivity index (χ2n) is 5.44. The van der Waals surface area contributed by atoms with Crippen molar-refractivity contribution in [2.75, 3.05) is 6.54 Å². The zero-order valence-corrected chi connectivity index (χ0v) is 11.8. The molecule has 4 rings (SSSR count). The smallest absolute Gasteiger partial charge is 0.261 e. The highest BCUT2D eigenvalue weighted by molar-refractivity contribution is 6.21. The van der Waals surface area contributed by atoms with E-state index < -0.39 is 0 Å². The van der Waals surface area contributed by atoms with Gasteiger partial charge >= 0.3 is 0 Å². The molecule has 0 unspecified atom stereocenters. The quantitative estimate of drug-likeness (QED) is 0.859. The molecule has 0 saturated carbocycles.